The Hall–Kier alpha value is -3.91. The van der Waals surface area contributed by atoms with E-state index in [1.807, 2.05) is 60.7 Å². The summed E-state index contributed by atoms with van der Waals surface area (Å²) in [6, 6.07) is 28.0. The number of nitrogens with zero attached hydrogens (tertiary/aromatic N) is 2. The third kappa shape index (κ3) is 3.81. The van der Waals surface area contributed by atoms with Crippen LogP contribution in [0.5, 0.6) is 0 Å². The Morgan fingerprint density at radius 1 is 0.900 bits per heavy atom. The first-order valence-corrected chi connectivity index (χ1v) is 9.85. The molecule has 1 aliphatic rings. The normalized spacial score (nSPS) is 13.7. The summed E-state index contributed by atoms with van der Waals surface area (Å²) < 4.78 is 0. The van der Waals surface area contributed by atoms with Crippen LogP contribution >= 0.6 is 0 Å². The maximum atomic E-state index is 13.6. The fraction of sp³-hybridized carbons (Fsp3) is 0.160. The first kappa shape index (κ1) is 19.4. The van der Waals surface area contributed by atoms with Crippen molar-refractivity contribution >= 4 is 23.2 Å². The molecule has 3 aromatic carbocycles. The minimum absolute atomic E-state index is 0.218. The van der Waals surface area contributed by atoms with Gasteiger partial charge in [0.15, 0.2) is 0 Å². The Labute approximate surface area is 175 Å². The highest BCUT2D eigenvalue weighted by Crippen LogP contribution is 2.49. The van der Waals surface area contributed by atoms with Crippen LogP contribution in [0.4, 0.5) is 11.4 Å². The average molecular weight is 395 g/mol. The number of rotatable bonds is 6. The molecular weight excluding hydrogens is 374 g/mol. The van der Waals surface area contributed by atoms with Crippen molar-refractivity contribution < 1.29 is 9.59 Å². The Morgan fingerprint density at radius 2 is 1.50 bits per heavy atom. The highest BCUT2D eigenvalue weighted by atomic mass is 16.2. The number of nitrogens with one attached hydrogen (secondary N) is 1. The predicted octanol–water partition coefficient (Wildman–Crippen LogP) is 4.51. The lowest BCUT2D eigenvalue weighted by Gasteiger charge is -2.27. The topological polar surface area (TPSA) is 73.2 Å². The lowest BCUT2D eigenvalue weighted by molar-refractivity contribution is -0.132. The second-order valence-corrected chi connectivity index (χ2v) is 7.41. The van der Waals surface area contributed by atoms with Gasteiger partial charge in [-0.2, -0.15) is 5.26 Å². The van der Waals surface area contributed by atoms with E-state index in [4.69, 9.17) is 0 Å². The van der Waals surface area contributed by atoms with E-state index < -0.39 is 5.41 Å². The molecule has 0 aliphatic heterocycles. The van der Waals surface area contributed by atoms with E-state index >= 15 is 0 Å². The first-order chi connectivity index (χ1) is 14.6. The molecule has 0 radical (unpaired) electrons. The van der Waals surface area contributed by atoms with Crippen molar-refractivity contribution in [3.63, 3.8) is 0 Å². The number of amides is 2. The number of anilines is 2. The number of para-hydroxylation sites is 2. The van der Waals surface area contributed by atoms with E-state index in [1.54, 1.807) is 29.2 Å². The molecule has 2 amide bonds. The molecule has 0 heterocycles. The van der Waals surface area contributed by atoms with Crippen molar-refractivity contribution in [3.8, 4) is 6.07 Å². The van der Waals surface area contributed by atoms with E-state index in [-0.39, 0.29) is 11.8 Å². The van der Waals surface area contributed by atoms with Crippen molar-refractivity contribution in [2.75, 3.05) is 10.2 Å². The second kappa shape index (κ2) is 8.22. The van der Waals surface area contributed by atoms with E-state index in [1.165, 1.54) is 0 Å². The van der Waals surface area contributed by atoms with Crippen molar-refractivity contribution in [1.29, 1.82) is 5.26 Å². The minimum atomic E-state index is -1.10. The summed E-state index contributed by atoms with van der Waals surface area (Å²) in [6.07, 6.45) is 0.981. The summed E-state index contributed by atoms with van der Waals surface area (Å²) in [5, 5.41) is 12.1. The van der Waals surface area contributed by atoms with Crippen molar-refractivity contribution in [1.82, 2.24) is 0 Å². The van der Waals surface area contributed by atoms with Crippen LogP contribution < -0.4 is 10.2 Å². The molecule has 5 heteroatoms. The van der Waals surface area contributed by atoms with Gasteiger partial charge < -0.3 is 10.2 Å². The third-order valence-corrected chi connectivity index (χ3v) is 5.39. The van der Waals surface area contributed by atoms with E-state index in [9.17, 15) is 14.9 Å². The van der Waals surface area contributed by atoms with E-state index in [2.05, 4.69) is 11.4 Å². The quantitative estimate of drug-likeness (QED) is 0.624. The summed E-state index contributed by atoms with van der Waals surface area (Å²) in [4.78, 5) is 28.4. The molecule has 148 valence electrons. The minimum Gasteiger partial charge on any atom is -0.324 e. The highest BCUT2D eigenvalue weighted by Gasteiger charge is 2.58. The van der Waals surface area contributed by atoms with Gasteiger partial charge in [-0.15, -0.1) is 0 Å². The predicted molar refractivity (Wildman–Crippen MR) is 116 cm³/mol. The Kier molecular flexibility index (Phi) is 5.32. The maximum Gasteiger partial charge on any atom is 0.243 e. The van der Waals surface area contributed by atoms with Gasteiger partial charge in [-0.25, -0.2) is 0 Å². The molecule has 1 fully saturated rings. The molecule has 30 heavy (non-hydrogen) atoms. The summed E-state index contributed by atoms with van der Waals surface area (Å²) in [6.45, 7) is 0.382. The molecular formula is C25H21N3O2. The number of hydrogen-bond donors (Lipinski definition) is 1. The Morgan fingerprint density at radius 3 is 2.13 bits per heavy atom. The molecule has 0 bridgehead atoms. The van der Waals surface area contributed by atoms with Gasteiger partial charge in [0.1, 0.15) is 11.5 Å². The standard InChI is InChI=1S/C25H21N3O2/c26-17-20-11-7-8-14-22(20)27-23(29)25(15-16-25)24(30)28(21-12-5-2-6-13-21)18-19-9-3-1-4-10-19/h1-14H,15-16,18H2,(H,27,29). The molecule has 0 spiro atoms. The molecule has 3 aromatic rings. The van der Waals surface area contributed by atoms with Crippen LogP contribution in [0.3, 0.4) is 0 Å². The fourth-order valence-corrected chi connectivity index (χ4v) is 3.51. The van der Waals surface area contributed by atoms with E-state index in [0.29, 0.717) is 30.6 Å². The van der Waals surface area contributed by atoms with Gasteiger partial charge in [0.25, 0.3) is 0 Å². The fourth-order valence-electron chi connectivity index (χ4n) is 3.51. The zero-order chi connectivity index (χ0) is 21.0. The molecule has 5 nitrogen and oxygen atoms in total. The van der Waals surface area contributed by atoms with Crippen LogP contribution in [0.2, 0.25) is 0 Å². The zero-order valence-electron chi connectivity index (χ0n) is 16.4. The van der Waals surface area contributed by atoms with Crippen LogP contribution in [0.1, 0.15) is 24.0 Å². The summed E-state index contributed by atoms with van der Waals surface area (Å²) in [7, 11) is 0. The zero-order valence-corrected chi connectivity index (χ0v) is 16.4. The number of nitriles is 1. The van der Waals surface area contributed by atoms with E-state index in [0.717, 1.165) is 11.3 Å². The van der Waals surface area contributed by atoms with Crippen LogP contribution in [0, 0.1) is 16.7 Å². The number of carbonyl (C=O) groups is 2. The monoisotopic (exact) mass is 395 g/mol. The lowest BCUT2D eigenvalue weighted by atomic mass is 10.0. The van der Waals surface area contributed by atoms with Crippen molar-refractivity contribution in [2.45, 2.75) is 19.4 Å². The number of benzene rings is 3. The van der Waals surface area contributed by atoms with Gasteiger partial charge in [-0.05, 0) is 42.7 Å². The Bertz CT molecular complexity index is 1100. The van der Waals surface area contributed by atoms with Crippen LogP contribution in [-0.4, -0.2) is 11.8 Å². The van der Waals surface area contributed by atoms with Crippen LogP contribution in [0.25, 0.3) is 0 Å². The molecule has 1 N–H and O–H groups in total. The van der Waals surface area contributed by atoms with Gasteiger partial charge in [-0.3, -0.25) is 9.59 Å². The van der Waals surface area contributed by atoms with Gasteiger partial charge in [0.05, 0.1) is 17.8 Å². The molecule has 0 aromatic heterocycles. The second-order valence-electron chi connectivity index (χ2n) is 7.41. The summed E-state index contributed by atoms with van der Waals surface area (Å²) in [5.74, 6) is -0.575. The molecule has 1 aliphatic carbocycles. The van der Waals surface area contributed by atoms with Crippen LogP contribution in [-0.2, 0) is 16.1 Å². The average Bonchev–Trinajstić information content (AvgIpc) is 3.61. The van der Waals surface area contributed by atoms with Gasteiger partial charge in [0.2, 0.25) is 11.8 Å². The first-order valence-electron chi connectivity index (χ1n) is 9.85. The Balaban J connectivity index is 1.62. The largest absolute Gasteiger partial charge is 0.324 e. The molecule has 4 rings (SSSR count). The number of carbonyl (C=O) groups excluding carboxylic acids is 2. The highest BCUT2D eigenvalue weighted by molar-refractivity contribution is 6.17. The molecule has 0 unspecified atom stereocenters. The SMILES string of the molecule is N#Cc1ccccc1NC(=O)C1(C(=O)N(Cc2ccccc2)c2ccccc2)CC1. The summed E-state index contributed by atoms with van der Waals surface area (Å²) >= 11 is 0. The third-order valence-electron chi connectivity index (χ3n) is 5.39. The van der Waals surface area contributed by atoms with Crippen molar-refractivity contribution in [3.05, 3.63) is 96.1 Å². The summed E-state index contributed by atoms with van der Waals surface area (Å²) in [5.41, 5.74) is 1.44. The number of hydrogen-bond acceptors (Lipinski definition) is 3. The maximum absolute atomic E-state index is 13.6. The van der Waals surface area contributed by atoms with Gasteiger partial charge in [-0.1, -0.05) is 60.7 Å². The lowest BCUT2D eigenvalue weighted by Crippen LogP contribution is -2.43. The van der Waals surface area contributed by atoms with Crippen molar-refractivity contribution in [2.24, 2.45) is 5.41 Å². The van der Waals surface area contributed by atoms with Gasteiger partial charge in [0, 0.05) is 5.69 Å². The smallest absolute Gasteiger partial charge is 0.243 e. The molecule has 0 saturated heterocycles. The van der Waals surface area contributed by atoms with Gasteiger partial charge >= 0.3 is 0 Å². The molecule has 1 saturated carbocycles. The van der Waals surface area contributed by atoms with Crippen LogP contribution in [0.15, 0.2) is 84.9 Å². The molecule has 0 atom stereocenters.